The van der Waals surface area contributed by atoms with Gasteiger partial charge in [0, 0.05) is 30.7 Å². The molecular formula is C11H12IN3OS. The fourth-order valence-electron chi connectivity index (χ4n) is 1.41. The van der Waals surface area contributed by atoms with Crippen LogP contribution in [0.4, 0.5) is 0 Å². The molecule has 6 heteroatoms. The molecule has 0 aliphatic rings. The van der Waals surface area contributed by atoms with Gasteiger partial charge in [-0.2, -0.15) is 0 Å². The lowest BCUT2D eigenvalue weighted by Crippen LogP contribution is -2.28. The van der Waals surface area contributed by atoms with Gasteiger partial charge in [0.05, 0.1) is 9.90 Å². The fourth-order valence-corrected chi connectivity index (χ4v) is 2.55. The first kappa shape index (κ1) is 12.7. The number of hydrogen-bond donors (Lipinski definition) is 1. The van der Waals surface area contributed by atoms with E-state index in [4.69, 9.17) is 0 Å². The van der Waals surface area contributed by atoms with Crippen molar-refractivity contribution in [2.45, 2.75) is 13.1 Å². The Labute approximate surface area is 117 Å². The van der Waals surface area contributed by atoms with E-state index >= 15 is 0 Å². The van der Waals surface area contributed by atoms with Crippen LogP contribution in [0.1, 0.15) is 4.88 Å². The molecule has 1 N–H and O–H groups in total. The predicted molar refractivity (Wildman–Crippen MR) is 77.2 cm³/mol. The lowest BCUT2D eigenvalue weighted by molar-refractivity contribution is 0.579. The average molecular weight is 361 g/mol. The first-order valence-electron chi connectivity index (χ1n) is 5.20. The van der Waals surface area contributed by atoms with Crippen molar-refractivity contribution in [2.24, 2.45) is 0 Å². The summed E-state index contributed by atoms with van der Waals surface area (Å²) in [6, 6.07) is 4.13. The van der Waals surface area contributed by atoms with Crippen LogP contribution in [0.3, 0.4) is 0 Å². The molecular weight excluding hydrogens is 349 g/mol. The topological polar surface area (TPSA) is 46.9 Å². The summed E-state index contributed by atoms with van der Waals surface area (Å²) >= 11 is 3.74. The summed E-state index contributed by atoms with van der Waals surface area (Å²) in [5.41, 5.74) is 0.0264. The second-order valence-electron chi connectivity index (χ2n) is 3.50. The average Bonchev–Trinajstić information content (AvgIpc) is 2.83. The quantitative estimate of drug-likeness (QED) is 0.652. The van der Waals surface area contributed by atoms with Crippen LogP contribution in [0.5, 0.6) is 0 Å². The smallest absolute Gasteiger partial charge is 0.266 e. The van der Waals surface area contributed by atoms with Crippen LogP contribution in [0.25, 0.3) is 0 Å². The Morgan fingerprint density at radius 3 is 3.18 bits per heavy atom. The predicted octanol–water partition coefficient (Wildman–Crippen LogP) is 1.70. The molecule has 0 aliphatic heterocycles. The Morgan fingerprint density at radius 2 is 2.41 bits per heavy atom. The molecule has 0 radical (unpaired) electrons. The molecule has 0 saturated heterocycles. The molecule has 0 unspecified atom stereocenters. The van der Waals surface area contributed by atoms with Gasteiger partial charge in [-0.05, 0) is 34.0 Å². The zero-order chi connectivity index (χ0) is 12.1. The van der Waals surface area contributed by atoms with Gasteiger partial charge in [0.15, 0.2) is 0 Å². The summed E-state index contributed by atoms with van der Waals surface area (Å²) in [4.78, 5) is 17.0. The minimum Gasteiger partial charge on any atom is -0.310 e. The number of thiophene rings is 1. The Hall–Kier alpha value is -0.730. The Balaban J connectivity index is 1.82. The molecule has 2 aromatic heterocycles. The number of rotatable bonds is 5. The monoisotopic (exact) mass is 361 g/mol. The highest BCUT2D eigenvalue weighted by Gasteiger charge is 2.00. The van der Waals surface area contributed by atoms with Crippen molar-refractivity contribution in [1.82, 2.24) is 14.9 Å². The Morgan fingerprint density at radius 1 is 1.53 bits per heavy atom. The molecule has 4 nitrogen and oxygen atoms in total. The van der Waals surface area contributed by atoms with Crippen LogP contribution in [0.15, 0.2) is 34.8 Å². The maximum Gasteiger partial charge on any atom is 0.266 e. The fraction of sp³-hybridized carbons (Fsp3) is 0.273. The number of nitrogens with one attached hydrogen (secondary N) is 1. The molecule has 90 valence electrons. The van der Waals surface area contributed by atoms with Gasteiger partial charge in [-0.15, -0.1) is 11.3 Å². The highest BCUT2D eigenvalue weighted by molar-refractivity contribution is 14.1. The molecule has 2 heterocycles. The molecule has 0 spiro atoms. The van der Waals surface area contributed by atoms with Crippen molar-refractivity contribution in [3.8, 4) is 0 Å². The summed E-state index contributed by atoms with van der Waals surface area (Å²) in [6.07, 6.45) is 3.16. The van der Waals surface area contributed by atoms with Gasteiger partial charge in [-0.1, -0.05) is 6.07 Å². The summed E-state index contributed by atoms with van der Waals surface area (Å²) in [6.45, 7) is 2.26. The van der Waals surface area contributed by atoms with E-state index in [1.54, 1.807) is 28.4 Å². The molecule has 0 saturated carbocycles. The van der Waals surface area contributed by atoms with Crippen LogP contribution < -0.4 is 10.9 Å². The largest absolute Gasteiger partial charge is 0.310 e. The third kappa shape index (κ3) is 3.62. The third-order valence-corrected chi connectivity index (χ3v) is 3.88. The SMILES string of the molecule is O=c1c(I)cncn1CCNCc1cccs1. The van der Waals surface area contributed by atoms with Gasteiger partial charge in [-0.25, -0.2) is 4.98 Å². The van der Waals surface area contributed by atoms with Gasteiger partial charge in [0.1, 0.15) is 0 Å². The minimum atomic E-state index is 0.0264. The van der Waals surface area contributed by atoms with Crippen molar-refractivity contribution >= 4 is 33.9 Å². The zero-order valence-electron chi connectivity index (χ0n) is 9.10. The molecule has 2 aromatic rings. The van der Waals surface area contributed by atoms with E-state index in [1.165, 1.54) is 4.88 Å². The van der Waals surface area contributed by atoms with Gasteiger partial charge in [0.2, 0.25) is 0 Å². The zero-order valence-corrected chi connectivity index (χ0v) is 12.1. The summed E-state index contributed by atoms with van der Waals surface area (Å²) in [7, 11) is 0. The first-order valence-corrected chi connectivity index (χ1v) is 7.16. The maximum absolute atomic E-state index is 11.7. The first-order chi connectivity index (χ1) is 8.27. The van der Waals surface area contributed by atoms with Crippen molar-refractivity contribution in [3.05, 3.63) is 48.8 Å². The van der Waals surface area contributed by atoms with Crippen molar-refractivity contribution < 1.29 is 0 Å². The van der Waals surface area contributed by atoms with Crippen molar-refractivity contribution in [1.29, 1.82) is 0 Å². The molecule has 2 rings (SSSR count). The van der Waals surface area contributed by atoms with Gasteiger partial charge >= 0.3 is 0 Å². The van der Waals surface area contributed by atoms with Crippen LogP contribution in [0.2, 0.25) is 0 Å². The lowest BCUT2D eigenvalue weighted by atomic mass is 10.4. The van der Waals surface area contributed by atoms with E-state index in [0.29, 0.717) is 10.1 Å². The van der Waals surface area contributed by atoms with E-state index in [1.807, 2.05) is 28.7 Å². The number of halogens is 1. The lowest BCUT2D eigenvalue weighted by Gasteiger charge is -2.06. The third-order valence-electron chi connectivity index (χ3n) is 2.27. The summed E-state index contributed by atoms with van der Waals surface area (Å²) in [5, 5.41) is 5.36. The molecule has 0 aliphatic carbocycles. The van der Waals surface area contributed by atoms with Gasteiger partial charge in [0.25, 0.3) is 5.56 Å². The van der Waals surface area contributed by atoms with Crippen LogP contribution >= 0.6 is 33.9 Å². The van der Waals surface area contributed by atoms with E-state index in [2.05, 4.69) is 21.7 Å². The van der Waals surface area contributed by atoms with Gasteiger partial charge < -0.3 is 5.32 Å². The molecule has 0 aromatic carbocycles. The second-order valence-corrected chi connectivity index (χ2v) is 5.69. The Bertz CT molecular complexity index is 524. The molecule has 0 atom stereocenters. The van der Waals surface area contributed by atoms with E-state index < -0.39 is 0 Å². The highest BCUT2D eigenvalue weighted by Crippen LogP contribution is 2.06. The van der Waals surface area contributed by atoms with E-state index in [-0.39, 0.29) is 5.56 Å². The summed E-state index contributed by atoms with van der Waals surface area (Å²) < 4.78 is 2.28. The standard InChI is InChI=1S/C11H12IN3OS/c12-10-7-14-8-15(11(10)16)4-3-13-6-9-2-1-5-17-9/h1-2,5,7-8,13H,3-4,6H2. The number of nitrogens with zero attached hydrogens (tertiary/aromatic N) is 2. The van der Waals surface area contributed by atoms with Crippen LogP contribution in [-0.2, 0) is 13.1 Å². The number of aromatic nitrogens is 2. The van der Waals surface area contributed by atoms with E-state index in [9.17, 15) is 4.79 Å². The molecule has 0 fully saturated rings. The Kier molecular flexibility index (Phi) is 4.69. The van der Waals surface area contributed by atoms with Crippen LogP contribution in [-0.4, -0.2) is 16.1 Å². The maximum atomic E-state index is 11.7. The van der Waals surface area contributed by atoms with Gasteiger partial charge in [-0.3, -0.25) is 9.36 Å². The normalized spacial score (nSPS) is 10.6. The van der Waals surface area contributed by atoms with Crippen molar-refractivity contribution in [3.63, 3.8) is 0 Å². The highest BCUT2D eigenvalue weighted by atomic mass is 127. The van der Waals surface area contributed by atoms with Crippen molar-refractivity contribution in [2.75, 3.05) is 6.54 Å². The molecule has 17 heavy (non-hydrogen) atoms. The molecule has 0 amide bonds. The minimum absolute atomic E-state index is 0.0264. The second kappa shape index (κ2) is 6.27. The van der Waals surface area contributed by atoms with Crippen LogP contribution in [0, 0.1) is 3.57 Å². The summed E-state index contributed by atoms with van der Waals surface area (Å²) in [5.74, 6) is 0. The van der Waals surface area contributed by atoms with E-state index in [0.717, 1.165) is 13.1 Å². The molecule has 0 bridgehead atoms. The number of hydrogen-bond acceptors (Lipinski definition) is 4.